The minimum atomic E-state index is -3.50. The van der Waals surface area contributed by atoms with Gasteiger partial charge in [-0.2, -0.15) is 0 Å². The molecule has 0 N–H and O–H groups in total. The lowest BCUT2D eigenvalue weighted by molar-refractivity contribution is 0.0544. The van der Waals surface area contributed by atoms with Crippen molar-refractivity contribution in [3.63, 3.8) is 0 Å². The van der Waals surface area contributed by atoms with E-state index in [1.807, 2.05) is 6.92 Å². The SMILES string of the molecule is COCCOCCOc1ccc(S(=O)(=O)c2ccc(C)cc2)cc1. The summed E-state index contributed by atoms with van der Waals surface area (Å²) in [7, 11) is -1.88. The fraction of sp³-hybridized carbons (Fsp3) is 0.333. The highest BCUT2D eigenvalue weighted by Gasteiger charge is 2.17. The van der Waals surface area contributed by atoms with Gasteiger partial charge in [0.25, 0.3) is 0 Å². The van der Waals surface area contributed by atoms with Crippen LogP contribution in [0.15, 0.2) is 58.3 Å². The van der Waals surface area contributed by atoms with E-state index >= 15 is 0 Å². The Morgan fingerprint density at radius 1 is 0.792 bits per heavy atom. The summed E-state index contributed by atoms with van der Waals surface area (Å²) in [5, 5.41) is 0. The summed E-state index contributed by atoms with van der Waals surface area (Å²) in [4.78, 5) is 0.531. The molecule has 0 amide bonds. The number of aryl methyl sites for hydroxylation is 1. The van der Waals surface area contributed by atoms with E-state index in [-0.39, 0.29) is 9.79 Å². The first kappa shape index (κ1) is 18.4. The maximum absolute atomic E-state index is 12.5. The van der Waals surface area contributed by atoms with Crippen LogP contribution in [0.2, 0.25) is 0 Å². The first-order chi connectivity index (χ1) is 11.5. The van der Waals surface area contributed by atoms with Crippen LogP contribution >= 0.6 is 0 Å². The van der Waals surface area contributed by atoms with E-state index in [9.17, 15) is 8.42 Å². The van der Waals surface area contributed by atoms with E-state index in [1.165, 1.54) is 0 Å². The second-order valence-corrected chi connectivity index (χ2v) is 7.19. The Labute approximate surface area is 143 Å². The number of sulfone groups is 1. The predicted octanol–water partition coefficient (Wildman–Crippen LogP) is 2.87. The summed E-state index contributed by atoms with van der Waals surface area (Å²) in [5.41, 5.74) is 1.02. The van der Waals surface area contributed by atoms with E-state index < -0.39 is 9.84 Å². The van der Waals surface area contributed by atoms with E-state index in [4.69, 9.17) is 14.2 Å². The van der Waals surface area contributed by atoms with Gasteiger partial charge in [0.1, 0.15) is 12.4 Å². The third-order valence-electron chi connectivity index (χ3n) is 3.39. The highest BCUT2D eigenvalue weighted by molar-refractivity contribution is 7.91. The number of benzene rings is 2. The summed E-state index contributed by atoms with van der Waals surface area (Å²) in [6.07, 6.45) is 0. The first-order valence-corrected chi connectivity index (χ1v) is 9.13. The zero-order valence-electron chi connectivity index (χ0n) is 13.9. The molecule has 0 bridgehead atoms. The number of methoxy groups -OCH3 is 1. The Hall–Kier alpha value is -1.89. The summed E-state index contributed by atoms with van der Waals surface area (Å²) < 4.78 is 40.8. The quantitative estimate of drug-likeness (QED) is 0.651. The van der Waals surface area contributed by atoms with E-state index in [0.29, 0.717) is 32.2 Å². The molecule has 0 spiro atoms. The van der Waals surface area contributed by atoms with Crippen LogP contribution in [-0.2, 0) is 19.3 Å². The molecule has 0 aromatic heterocycles. The van der Waals surface area contributed by atoms with Crippen molar-refractivity contribution in [1.82, 2.24) is 0 Å². The monoisotopic (exact) mass is 350 g/mol. The third kappa shape index (κ3) is 5.06. The lowest BCUT2D eigenvalue weighted by Gasteiger charge is -2.09. The normalized spacial score (nSPS) is 11.4. The highest BCUT2D eigenvalue weighted by atomic mass is 32.2. The van der Waals surface area contributed by atoms with Gasteiger partial charge in [-0.05, 0) is 43.3 Å². The Morgan fingerprint density at radius 2 is 1.33 bits per heavy atom. The fourth-order valence-electron chi connectivity index (χ4n) is 2.03. The molecule has 2 rings (SSSR count). The average Bonchev–Trinajstić information content (AvgIpc) is 2.59. The zero-order valence-corrected chi connectivity index (χ0v) is 14.7. The molecule has 0 aliphatic rings. The van der Waals surface area contributed by atoms with Gasteiger partial charge >= 0.3 is 0 Å². The molecule has 24 heavy (non-hydrogen) atoms. The molecule has 0 saturated heterocycles. The van der Waals surface area contributed by atoms with Crippen LogP contribution in [0.3, 0.4) is 0 Å². The molecular weight excluding hydrogens is 328 g/mol. The molecule has 6 heteroatoms. The molecule has 0 radical (unpaired) electrons. The smallest absolute Gasteiger partial charge is 0.206 e. The molecule has 0 unspecified atom stereocenters. The van der Waals surface area contributed by atoms with Crippen molar-refractivity contribution < 1.29 is 22.6 Å². The van der Waals surface area contributed by atoms with Crippen LogP contribution in [0.4, 0.5) is 0 Å². The van der Waals surface area contributed by atoms with Crippen LogP contribution in [0.1, 0.15) is 5.56 Å². The maximum Gasteiger partial charge on any atom is 0.206 e. The molecule has 2 aromatic carbocycles. The Balaban J connectivity index is 1.95. The highest BCUT2D eigenvalue weighted by Crippen LogP contribution is 2.23. The van der Waals surface area contributed by atoms with Crippen molar-refractivity contribution in [3.05, 3.63) is 54.1 Å². The summed E-state index contributed by atoms with van der Waals surface area (Å²) in [5.74, 6) is 0.605. The van der Waals surface area contributed by atoms with Crippen LogP contribution in [0, 0.1) is 6.92 Å². The Morgan fingerprint density at radius 3 is 1.92 bits per heavy atom. The van der Waals surface area contributed by atoms with Gasteiger partial charge in [-0.25, -0.2) is 8.42 Å². The molecule has 2 aromatic rings. The molecule has 0 atom stereocenters. The van der Waals surface area contributed by atoms with Crippen molar-refractivity contribution in [2.75, 3.05) is 33.5 Å². The van der Waals surface area contributed by atoms with Crippen molar-refractivity contribution in [3.8, 4) is 5.75 Å². The van der Waals surface area contributed by atoms with Crippen molar-refractivity contribution in [2.24, 2.45) is 0 Å². The minimum absolute atomic E-state index is 0.245. The van der Waals surface area contributed by atoms with Gasteiger partial charge in [0.05, 0.1) is 29.6 Å². The average molecular weight is 350 g/mol. The molecule has 130 valence electrons. The van der Waals surface area contributed by atoms with E-state index in [0.717, 1.165) is 5.56 Å². The lowest BCUT2D eigenvalue weighted by atomic mass is 10.2. The van der Waals surface area contributed by atoms with Gasteiger partial charge in [-0.15, -0.1) is 0 Å². The standard InChI is InChI=1S/C18H22O5S/c1-15-3-7-17(8-4-15)24(19,20)18-9-5-16(6-10-18)23-14-13-22-12-11-21-2/h3-10H,11-14H2,1-2H3. The molecule has 5 nitrogen and oxygen atoms in total. The van der Waals surface area contributed by atoms with Crippen molar-refractivity contribution in [2.45, 2.75) is 16.7 Å². The van der Waals surface area contributed by atoms with Crippen LogP contribution < -0.4 is 4.74 Å². The number of hydrogen-bond acceptors (Lipinski definition) is 5. The molecule has 0 aliphatic carbocycles. The Kier molecular flexibility index (Phi) is 6.78. The van der Waals surface area contributed by atoms with Gasteiger partial charge in [-0.1, -0.05) is 17.7 Å². The van der Waals surface area contributed by atoms with Crippen LogP contribution in [0.25, 0.3) is 0 Å². The molecule has 0 aliphatic heterocycles. The maximum atomic E-state index is 12.5. The van der Waals surface area contributed by atoms with Gasteiger partial charge in [-0.3, -0.25) is 0 Å². The first-order valence-electron chi connectivity index (χ1n) is 7.65. The van der Waals surface area contributed by atoms with Crippen molar-refractivity contribution >= 4 is 9.84 Å². The predicted molar refractivity (Wildman–Crippen MR) is 91.3 cm³/mol. The molecule has 0 fully saturated rings. The number of ether oxygens (including phenoxy) is 3. The summed E-state index contributed by atoms with van der Waals surface area (Å²) in [6.45, 7) is 3.83. The molecule has 0 heterocycles. The van der Waals surface area contributed by atoms with Crippen LogP contribution in [0.5, 0.6) is 5.75 Å². The van der Waals surface area contributed by atoms with Crippen LogP contribution in [-0.4, -0.2) is 42.0 Å². The number of hydrogen-bond donors (Lipinski definition) is 0. The minimum Gasteiger partial charge on any atom is -0.491 e. The largest absolute Gasteiger partial charge is 0.491 e. The molecule has 0 saturated carbocycles. The van der Waals surface area contributed by atoms with Gasteiger partial charge < -0.3 is 14.2 Å². The lowest BCUT2D eigenvalue weighted by Crippen LogP contribution is -2.10. The molecular formula is C18H22O5S. The van der Waals surface area contributed by atoms with Gasteiger partial charge in [0.2, 0.25) is 9.84 Å². The topological polar surface area (TPSA) is 61.8 Å². The Bertz CT molecular complexity index is 721. The zero-order chi connectivity index (χ0) is 17.4. The fourth-order valence-corrected chi connectivity index (χ4v) is 3.29. The van der Waals surface area contributed by atoms with Crippen molar-refractivity contribution in [1.29, 1.82) is 0 Å². The summed E-state index contributed by atoms with van der Waals surface area (Å²) in [6, 6.07) is 13.2. The van der Waals surface area contributed by atoms with E-state index in [2.05, 4.69) is 0 Å². The second-order valence-electron chi connectivity index (χ2n) is 5.24. The number of rotatable bonds is 9. The van der Waals surface area contributed by atoms with Gasteiger partial charge in [0, 0.05) is 7.11 Å². The van der Waals surface area contributed by atoms with Gasteiger partial charge in [0.15, 0.2) is 0 Å². The summed E-state index contributed by atoms with van der Waals surface area (Å²) >= 11 is 0. The third-order valence-corrected chi connectivity index (χ3v) is 5.18. The van der Waals surface area contributed by atoms with E-state index in [1.54, 1.807) is 55.6 Å². The second kappa shape index (κ2) is 8.82.